The van der Waals surface area contributed by atoms with E-state index in [1.807, 2.05) is 0 Å². The van der Waals surface area contributed by atoms with Crippen molar-refractivity contribution in [3.8, 4) is 0 Å². The zero-order valence-corrected chi connectivity index (χ0v) is 20.5. The minimum Gasteiger partial charge on any atom is -0.296 e. The molecule has 4 nitrogen and oxygen atoms in total. The number of nitrogens with one attached hydrogen (secondary N) is 2. The molecule has 0 aliphatic carbocycles. The van der Waals surface area contributed by atoms with E-state index in [0.29, 0.717) is 11.1 Å². The molecule has 0 saturated carbocycles. The molecular formula is C24H40N2O2S2. The topological polar surface area (TPSA) is 58.2 Å². The highest BCUT2D eigenvalue weighted by molar-refractivity contribution is 7.98. The van der Waals surface area contributed by atoms with Crippen LogP contribution in [0.4, 0.5) is 0 Å². The van der Waals surface area contributed by atoms with Crippen molar-refractivity contribution >= 4 is 35.7 Å². The number of hydrogen-bond donors (Lipinski definition) is 2. The molecule has 1 rings (SSSR count). The van der Waals surface area contributed by atoms with E-state index in [1.165, 1.54) is 88.1 Å². The Morgan fingerprint density at radius 1 is 0.667 bits per heavy atom. The van der Waals surface area contributed by atoms with Crippen molar-refractivity contribution in [2.75, 3.05) is 11.5 Å². The Balaban J connectivity index is 2.22. The standard InChI is InChI=1S/C24H40N2O2S2/c1-3-5-7-9-11-13-18-29-25-23(27)21-16-15-17-22(20-21)24(28)26-30-19-14-12-10-8-6-4-2/h15-17,20H,3-14,18-19H2,1-2H3,(H,25,27)(H,26,28). The Bertz CT molecular complexity index is 549. The van der Waals surface area contributed by atoms with Crippen LogP contribution in [0.1, 0.15) is 112 Å². The number of unbranched alkanes of at least 4 members (excludes halogenated alkanes) is 10. The van der Waals surface area contributed by atoms with Crippen LogP contribution in [0.3, 0.4) is 0 Å². The number of carbonyl (C=O) groups excluding carboxylic acids is 2. The minimum atomic E-state index is -0.139. The monoisotopic (exact) mass is 452 g/mol. The van der Waals surface area contributed by atoms with Gasteiger partial charge >= 0.3 is 0 Å². The largest absolute Gasteiger partial charge is 0.296 e. The summed E-state index contributed by atoms with van der Waals surface area (Å²) in [5.41, 5.74) is 1.05. The number of hydrogen-bond acceptors (Lipinski definition) is 4. The molecule has 0 saturated heterocycles. The summed E-state index contributed by atoms with van der Waals surface area (Å²) < 4.78 is 5.78. The van der Waals surface area contributed by atoms with Crippen LogP contribution in [0.5, 0.6) is 0 Å². The molecule has 0 aliphatic heterocycles. The molecule has 0 atom stereocenters. The van der Waals surface area contributed by atoms with Gasteiger partial charge in [0.05, 0.1) is 0 Å². The van der Waals surface area contributed by atoms with Gasteiger partial charge in [0.1, 0.15) is 0 Å². The second-order valence-electron chi connectivity index (χ2n) is 7.68. The van der Waals surface area contributed by atoms with E-state index in [1.54, 1.807) is 24.3 Å². The lowest BCUT2D eigenvalue weighted by Gasteiger charge is -2.07. The average molecular weight is 453 g/mol. The zero-order chi connectivity index (χ0) is 21.9. The molecular weight excluding hydrogens is 412 g/mol. The fourth-order valence-corrected chi connectivity index (χ4v) is 4.46. The summed E-state index contributed by atoms with van der Waals surface area (Å²) in [6.45, 7) is 4.44. The zero-order valence-electron chi connectivity index (χ0n) is 18.8. The number of benzene rings is 1. The van der Waals surface area contributed by atoms with Crippen LogP contribution in [-0.4, -0.2) is 23.3 Å². The number of amides is 2. The second kappa shape index (κ2) is 18.6. The van der Waals surface area contributed by atoms with Gasteiger partial charge in [-0.25, -0.2) is 0 Å². The van der Waals surface area contributed by atoms with Gasteiger partial charge in [-0.2, -0.15) is 0 Å². The van der Waals surface area contributed by atoms with Crippen molar-refractivity contribution < 1.29 is 9.59 Å². The van der Waals surface area contributed by atoms with Crippen molar-refractivity contribution in [2.24, 2.45) is 0 Å². The van der Waals surface area contributed by atoms with Crippen LogP contribution in [0.25, 0.3) is 0 Å². The normalized spacial score (nSPS) is 10.7. The molecule has 0 spiro atoms. The molecule has 0 radical (unpaired) electrons. The molecule has 2 amide bonds. The molecule has 30 heavy (non-hydrogen) atoms. The molecule has 2 N–H and O–H groups in total. The Labute approximate surface area is 192 Å². The molecule has 6 heteroatoms. The summed E-state index contributed by atoms with van der Waals surface area (Å²) in [4.78, 5) is 24.7. The third-order valence-electron chi connectivity index (χ3n) is 4.92. The average Bonchev–Trinajstić information content (AvgIpc) is 2.77. The lowest BCUT2D eigenvalue weighted by atomic mass is 10.1. The van der Waals surface area contributed by atoms with E-state index < -0.39 is 0 Å². The van der Waals surface area contributed by atoms with Gasteiger partial charge in [-0.05, 0) is 31.0 Å². The van der Waals surface area contributed by atoms with Gasteiger partial charge in [0.15, 0.2) is 0 Å². The molecule has 0 heterocycles. The summed E-state index contributed by atoms with van der Waals surface area (Å²) in [7, 11) is 0. The van der Waals surface area contributed by atoms with Crippen LogP contribution in [0.15, 0.2) is 24.3 Å². The van der Waals surface area contributed by atoms with Gasteiger partial charge in [-0.15, -0.1) is 0 Å². The van der Waals surface area contributed by atoms with Gasteiger partial charge < -0.3 is 0 Å². The summed E-state index contributed by atoms with van der Waals surface area (Å²) in [6, 6.07) is 6.93. The van der Waals surface area contributed by atoms with Gasteiger partial charge in [-0.1, -0.05) is 108 Å². The molecule has 1 aromatic rings. The maximum Gasteiger partial charge on any atom is 0.261 e. The highest BCUT2D eigenvalue weighted by Crippen LogP contribution is 2.12. The van der Waals surface area contributed by atoms with Crippen LogP contribution >= 0.6 is 23.9 Å². The predicted molar refractivity (Wildman–Crippen MR) is 133 cm³/mol. The molecule has 0 fully saturated rings. The molecule has 170 valence electrons. The maximum atomic E-state index is 12.3. The highest BCUT2D eigenvalue weighted by atomic mass is 32.2. The summed E-state index contributed by atoms with van der Waals surface area (Å²) in [5, 5.41) is 0. The third kappa shape index (κ3) is 13.2. The lowest BCUT2D eigenvalue weighted by molar-refractivity contribution is 0.0983. The van der Waals surface area contributed by atoms with Crippen LogP contribution in [0.2, 0.25) is 0 Å². The fourth-order valence-electron chi connectivity index (χ4n) is 3.06. The van der Waals surface area contributed by atoms with Gasteiger partial charge in [0.2, 0.25) is 0 Å². The van der Waals surface area contributed by atoms with Crippen molar-refractivity contribution in [1.29, 1.82) is 0 Å². The van der Waals surface area contributed by atoms with Crippen LogP contribution in [-0.2, 0) is 0 Å². The first-order chi connectivity index (χ1) is 14.7. The van der Waals surface area contributed by atoms with Crippen LogP contribution < -0.4 is 9.44 Å². The van der Waals surface area contributed by atoms with E-state index in [-0.39, 0.29) is 11.8 Å². The Hall–Kier alpha value is -1.14. The Kier molecular flexibility index (Phi) is 16.7. The maximum absolute atomic E-state index is 12.3. The fraction of sp³-hybridized carbons (Fsp3) is 0.667. The van der Waals surface area contributed by atoms with Crippen molar-refractivity contribution in [3.63, 3.8) is 0 Å². The molecule has 0 unspecified atom stereocenters. The van der Waals surface area contributed by atoms with Crippen LogP contribution in [0, 0.1) is 0 Å². The molecule has 0 bridgehead atoms. The Morgan fingerprint density at radius 2 is 1.07 bits per heavy atom. The Morgan fingerprint density at radius 3 is 1.50 bits per heavy atom. The second-order valence-corrected chi connectivity index (χ2v) is 9.48. The minimum absolute atomic E-state index is 0.139. The van der Waals surface area contributed by atoms with Crippen molar-refractivity contribution in [2.45, 2.75) is 90.9 Å². The molecule has 0 aliphatic rings. The number of rotatable bonds is 18. The number of carbonyl (C=O) groups is 2. The first-order valence-electron chi connectivity index (χ1n) is 11.6. The smallest absolute Gasteiger partial charge is 0.261 e. The first kappa shape index (κ1) is 26.9. The SMILES string of the molecule is CCCCCCCCSNC(=O)c1cccc(C(=O)NSCCCCCCCC)c1. The van der Waals surface area contributed by atoms with E-state index >= 15 is 0 Å². The predicted octanol–water partition coefficient (Wildman–Crippen LogP) is 7.16. The molecule has 0 aromatic heterocycles. The van der Waals surface area contributed by atoms with Crippen molar-refractivity contribution in [1.82, 2.24) is 9.44 Å². The van der Waals surface area contributed by atoms with Crippen molar-refractivity contribution in [3.05, 3.63) is 35.4 Å². The van der Waals surface area contributed by atoms with E-state index in [9.17, 15) is 9.59 Å². The van der Waals surface area contributed by atoms with E-state index in [2.05, 4.69) is 23.3 Å². The highest BCUT2D eigenvalue weighted by Gasteiger charge is 2.10. The van der Waals surface area contributed by atoms with Gasteiger partial charge in [-0.3, -0.25) is 19.0 Å². The first-order valence-corrected chi connectivity index (χ1v) is 13.6. The lowest BCUT2D eigenvalue weighted by Crippen LogP contribution is -2.19. The summed E-state index contributed by atoms with van der Waals surface area (Å²) >= 11 is 2.91. The third-order valence-corrected chi connectivity index (χ3v) is 6.56. The molecule has 1 aromatic carbocycles. The van der Waals surface area contributed by atoms with E-state index in [4.69, 9.17) is 0 Å². The summed E-state index contributed by atoms with van der Waals surface area (Å²) in [6.07, 6.45) is 15.0. The van der Waals surface area contributed by atoms with Gasteiger partial charge in [0.25, 0.3) is 11.8 Å². The quantitative estimate of drug-likeness (QED) is 0.183. The van der Waals surface area contributed by atoms with Gasteiger partial charge in [0, 0.05) is 22.6 Å². The van der Waals surface area contributed by atoms with E-state index in [0.717, 1.165) is 24.3 Å². The summed E-state index contributed by atoms with van der Waals surface area (Å²) in [5.74, 6) is 1.57.